The van der Waals surface area contributed by atoms with Crippen molar-refractivity contribution in [3.8, 4) is 0 Å². The molecule has 1 aliphatic rings. The van der Waals surface area contributed by atoms with Gasteiger partial charge in [-0.25, -0.2) is 4.98 Å². The van der Waals surface area contributed by atoms with Crippen LogP contribution in [0.3, 0.4) is 0 Å². The van der Waals surface area contributed by atoms with Crippen LogP contribution in [0, 0.1) is 13.8 Å². The highest BCUT2D eigenvalue weighted by molar-refractivity contribution is 14.0. The third-order valence-corrected chi connectivity index (χ3v) is 6.65. The van der Waals surface area contributed by atoms with Gasteiger partial charge >= 0.3 is 0 Å². The molecule has 150 valence electrons. The average molecular weight is 520 g/mol. The minimum atomic E-state index is 0. The molecule has 1 saturated heterocycles. The number of thiophene rings is 1. The Hall–Kier alpha value is -0.710. The molecule has 1 fully saturated rings. The molecule has 0 unspecified atom stereocenters. The summed E-state index contributed by atoms with van der Waals surface area (Å²) in [7, 11) is 1.85. The van der Waals surface area contributed by atoms with Gasteiger partial charge in [0.25, 0.3) is 0 Å². The summed E-state index contributed by atoms with van der Waals surface area (Å²) in [6.07, 6.45) is 3.33. The Kier molecular flexibility index (Phi) is 9.47. The first-order valence-electron chi connectivity index (χ1n) is 9.27. The van der Waals surface area contributed by atoms with E-state index in [0.717, 1.165) is 62.1 Å². The number of halogens is 1. The molecular weight excluding hydrogens is 489 g/mol. The second-order valence-corrected chi connectivity index (χ2v) is 8.88. The maximum Gasteiger partial charge on any atom is 0.191 e. The summed E-state index contributed by atoms with van der Waals surface area (Å²) in [6.45, 7) is 8.42. The highest BCUT2D eigenvalue weighted by atomic mass is 127. The first-order valence-corrected chi connectivity index (χ1v) is 11.0. The number of aromatic nitrogens is 1. The van der Waals surface area contributed by atoms with Crippen molar-refractivity contribution >= 4 is 52.6 Å². The zero-order valence-electron chi connectivity index (χ0n) is 16.3. The summed E-state index contributed by atoms with van der Waals surface area (Å²) in [5.74, 6) is 0.917. The Morgan fingerprint density at radius 3 is 2.70 bits per heavy atom. The van der Waals surface area contributed by atoms with E-state index in [4.69, 9.17) is 0 Å². The highest BCUT2D eigenvalue weighted by Gasteiger charge is 2.20. The lowest BCUT2D eigenvalue weighted by molar-refractivity contribution is 0.198. The van der Waals surface area contributed by atoms with Gasteiger partial charge in [-0.3, -0.25) is 9.89 Å². The quantitative estimate of drug-likeness (QED) is 0.346. The number of nitrogens with zero attached hydrogens (tertiary/aromatic N) is 3. The molecule has 0 spiro atoms. The van der Waals surface area contributed by atoms with Gasteiger partial charge in [-0.15, -0.1) is 35.3 Å². The molecule has 0 atom stereocenters. The molecule has 5 nitrogen and oxygen atoms in total. The molecule has 0 aliphatic carbocycles. The minimum Gasteiger partial charge on any atom is -0.356 e. The average Bonchev–Trinajstić information content (AvgIpc) is 3.25. The third kappa shape index (κ3) is 6.99. The van der Waals surface area contributed by atoms with Gasteiger partial charge < -0.3 is 10.6 Å². The second-order valence-electron chi connectivity index (χ2n) is 6.82. The van der Waals surface area contributed by atoms with E-state index in [1.54, 1.807) is 22.7 Å². The summed E-state index contributed by atoms with van der Waals surface area (Å²) in [5.41, 5.74) is 2.60. The van der Waals surface area contributed by atoms with Crippen LogP contribution < -0.4 is 10.6 Å². The topological polar surface area (TPSA) is 52.6 Å². The molecular formula is C19H30IN5S2. The molecule has 0 saturated carbocycles. The number of guanidine groups is 1. The van der Waals surface area contributed by atoms with Crippen molar-refractivity contribution in [1.82, 2.24) is 20.5 Å². The second kappa shape index (κ2) is 11.3. The maximum absolute atomic E-state index is 4.50. The first-order chi connectivity index (χ1) is 12.6. The number of likely N-dealkylation sites (tertiary alicyclic amines) is 1. The van der Waals surface area contributed by atoms with Crippen molar-refractivity contribution in [3.63, 3.8) is 0 Å². The first kappa shape index (κ1) is 22.6. The predicted molar refractivity (Wildman–Crippen MR) is 128 cm³/mol. The molecule has 0 radical (unpaired) electrons. The predicted octanol–water partition coefficient (Wildman–Crippen LogP) is 3.81. The molecule has 1 aliphatic heterocycles. The summed E-state index contributed by atoms with van der Waals surface area (Å²) < 4.78 is 0. The lowest BCUT2D eigenvalue weighted by Gasteiger charge is -2.32. The van der Waals surface area contributed by atoms with E-state index in [2.05, 4.69) is 56.2 Å². The van der Waals surface area contributed by atoms with Gasteiger partial charge in [-0.2, -0.15) is 11.3 Å². The van der Waals surface area contributed by atoms with Gasteiger partial charge in [0.1, 0.15) is 0 Å². The number of aryl methyl sites for hydroxylation is 2. The normalized spacial score (nSPS) is 16.2. The van der Waals surface area contributed by atoms with Gasteiger partial charge in [0.05, 0.1) is 10.7 Å². The molecule has 8 heteroatoms. The van der Waals surface area contributed by atoms with Crippen LogP contribution in [0.5, 0.6) is 0 Å². The lowest BCUT2D eigenvalue weighted by atomic mass is 10.0. The maximum atomic E-state index is 4.50. The van der Waals surface area contributed by atoms with E-state index in [1.165, 1.54) is 10.4 Å². The van der Waals surface area contributed by atoms with E-state index < -0.39 is 0 Å². The van der Waals surface area contributed by atoms with Crippen LogP contribution >= 0.6 is 46.7 Å². The Morgan fingerprint density at radius 1 is 1.33 bits per heavy atom. The minimum absolute atomic E-state index is 0. The highest BCUT2D eigenvalue weighted by Crippen LogP contribution is 2.17. The van der Waals surface area contributed by atoms with Gasteiger partial charge in [-0.05, 0) is 49.1 Å². The van der Waals surface area contributed by atoms with Crippen molar-refractivity contribution in [1.29, 1.82) is 0 Å². The summed E-state index contributed by atoms with van der Waals surface area (Å²) >= 11 is 3.58. The summed E-state index contributed by atoms with van der Waals surface area (Å²) in [5, 5.41) is 12.6. The number of aliphatic imine (C=N–C) groups is 1. The van der Waals surface area contributed by atoms with Crippen molar-refractivity contribution < 1.29 is 0 Å². The summed E-state index contributed by atoms with van der Waals surface area (Å²) in [4.78, 5) is 12.8. The van der Waals surface area contributed by atoms with Crippen molar-refractivity contribution in [2.75, 3.05) is 26.7 Å². The van der Waals surface area contributed by atoms with E-state index in [0.29, 0.717) is 6.04 Å². The third-order valence-electron chi connectivity index (χ3n) is 4.78. The fourth-order valence-electron chi connectivity index (χ4n) is 3.36. The monoisotopic (exact) mass is 519 g/mol. The molecule has 3 heterocycles. The van der Waals surface area contributed by atoms with Crippen LogP contribution in [0.15, 0.2) is 21.8 Å². The van der Waals surface area contributed by atoms with Crippen LogP contribution in [0.2, 0.25) is 0 Å². The van der Waals surface area contributed by atoms with Gasteiger partial charge in [-0.1, -0.05) is 0 Å². The molecule has 2 aromatic heterocycles. The van der Waals surface area contributed by atoms with E-state index >= 15 is 0 Å². The van der Waals surface area contributed by atoms with Gasteiger partial charge in [0, 0.05) is 50.6 Å². The number of rotatable bonds is 6. The Labute approximate surface area is 187 Å². The van der Waals surface area contributed by atoms with Crippen molar-refractivity contribution in [3.05, 3.63) is 38.0 Å². The lowest BCUT2D eigenvalue weighted by Crippen LogP contribution is -2.48. The summed E-state index contributed by atoms with van der Waals surface area (Å²) in [6, 6.07) is 2.74. The molecule has 0 aromatic carbocycles. The van der Waals surface area contributed by atoms with Crippen LogP contribution in [-0.4, -0.2) is 48.6 Å². The van der Waals surface area contributed by atoms with E-state index in [9.17, 15) is 0 Å². The number of hydrogen-bond acceptors (Lipinski definition) is 5. The fourth-order valence-corrected chi connectivity index (χ4v) is 4.96. The number of nitrogens with one attached hydrogen (secondary N) is 2. The van der Waals surface area contributed by atoms with Gasteiger partial charge in [0.2, 0.25) is 0 Å². The zero-order valence-corrected chi connectivity index (χ0v) is 20.3. The molecule has 2 N–H and O–H groups in total. The van der Waals surface area contributed by atoms with Crippen LogP contribution in [0.1, 0.15) is 34.0 Å². The van der Waals surface area contributed by atoms with Crippen LogP contribution in [-0.2, 0) is 13.0 Å². The number of piperidine rings is 1. The van der Waals surface area contributed by atoms with E-state index in [-0.39, 0.29) is 24.0 Å². The number of hydrogen-bond donors (Lipinski definition) is 2. The largest absolute Gasteiger partial charge is 0.356 e. The molecule has 2 aromatic rings. The standard InChI is InChI=1S/C19H29N5S2.HI/c1-14-18(26-15(2)22-14)4-8-21-19(20-3)23-17-5-9-24(10-6-17)12-16-7-11-25-13-16;/h7,11,13,17H,4-6,8-10,12H2,1-3H3,(H2,20,21,23);1H. The Bertz CT molecular complexity index is 706. The molecule has 27 heavy (non-hydrogen) atoms. The number of thiazole rings is 1. The van der Waals surface area contributed by atoms with Crippen molar-refractivity contribution in [2.24, 2.45) is 4.99 Å². The fraction of sp³-hybridized carbons (Fsp3) is 0.579. The Morgan fingerprint density at radius 2 is 2.11 bits per heavy atom. The zero-order chi connectivity index (χ0) is 18.4. The van der Waals surface area contributed by atoms with Crippen LogP contribution in [0.4, 0.5) is 0 Å². The van der Waals surface area contributed by atoms with Crippen molar-refractivity contribution in [2.45, 2.75) is 45.7 Å². The van der Waals surface area contributed by atoms with E-state index in [1.807, 2.05) is 7.05 Å². The molecule has 0 amide bonds. The molecule has 3 rings (SSSR count). The van der Waals surface area contributed by atoms with Gasteiger partial charge in [0.15, 0.2) is 5.96 Å². The van der Waals surface area contributed by atoms with Crippen LogP contribution in [0.25, 0.3) is 0 Å². The smallest absolute Gasteiger partial charge is 0.191 e. The Balaban J connectivity index is 0.00000261. The molecule has 0 bridgehead atoms. The SMILES string of the molecule is CN=C(NCCc1sc(C)nc1C)NC1CCN(Cc2ccsc2)CC1.I.